The summed E-state index contributed by atoms with van der Waals surface area (Å²) in [5.74, 6) is -0.0806. The molecule has 2 saturated carbocycles. The van der Waals surface area contributed by atoms with Gasteiger partial charge in [-0.1, -0.05) is 15.9 Å². The van der Waals surface area contributed by atoms with E-state index in [0.29, 0.717) is 5.92 Å². The Balaban J connectivity index is 1.59. The van der Waals surface area contributed by atoms with Gasteiger partial charge in [-0.05, 0) is 55.9 Å². The van der Waals surface area contributed by atoms with Gasteiger partial charge in [0, 0.05) is 16.1 Å². The molecule has 3 aliphatic rings. The molecular weight excluding hydrogens is 346 g/mol. The molecule has 5 atom stereocenters. The summed E-state index contributed by atoms with van der Waals surface area (Å²) in [4.78, 5) is 24.8. The van der Waals surface area contributed by atoms with E-state index in [-0.39, 0.29) is 35.7 Å². The molecule has 0 unspecified atom stereocenters. The lowest BCUT2D eigenvalue weighted by molar-refractivity contribution is -0.145. The van der Waals surface area contributed by atoms with Gasteiger partial charge in [-0.3, -0.25) is 9.59 Å². The van der Waals surface area contributed by atoms with Crippen molar-refractivity contribution in [3.63, 3.8) is 0 Å². The number of hydrogen-bond donors (Lipinski definition) is 1. The lowest BCUT2D eigenvalue weighted by Gasteiger charge is -2.24. The van der Waals surface area contributed by atoms with Crippen molar-refractivity contribution in [2.75, 3.05) is 5.32 Å². The maximum absolute atomic E-state index is 12.8. The average Bonchev–Trinajstić information content (AvgIpc) is 3.09. The zero-order chi connectivity index (χ0) is 15.6. The molecule has 4 nitrogen and oxygen atoms in total. The second-order valence-corrected chi connectivity index (χ2v) is 7.61. The number of amides is 1. The molecule has 1 aromatic carbocycles. The highest BCUT2D eigenvalue weighted by Gasteiger charge is 2.63. The molecule has 1 amide bonds. The van der Waals surface area contributed by atoms with Gasteiger partial charge in [0.05, 0.1) is 11.8 Å². The van der Waals surface area contributed by atoms with Crippen LogP contribution in [0.25, 0.3) is 0 Å². The third kappa shape index (κ3) is 1.87. The number of benzene rings is 1. The van der Waals surface area contributed by atoms with Crippen LogP contribution in [0, 0.1) is 37.5 Å². The van der Waals surface area contributed by atoms with Gasteiger partial charge in [0.2, 0.25) is 5.91 Å². The molecule has 2 aliphatic carbocycles. The second-order valence-electron chi connectivity index (χ2n) is 6.76. The minimum Gasteiger partial charge on any atom is -0.462 e. The lowest BCUT2D eigenvalue weighted by Crippen LogP contribution is -2.36. The average molecular weight is 364 g/mol. The Morgan fingerprint density at radius 1 is 1.27 bits per heavy atom. The first-order chi connectivity index (χ1) is 10.5. The maximum atomic E-state index is 12.8. The molecule has 1 heterocycles. The standard InChI is InChI=1S/C17H18BrNO3/c1-7-8(2)12(4-3-11(7)18)19-16(20)14-9-5-10-13(6-9)22-17(21)15(10)14/h3-4,9-10,13-15H,5-6H2,1-2H3,(H,19,20)/t9-,10-,13-,14-,15-/m1/s1. The number of carbonyl (C=O) groups is 2. The van der Waals surface area contributed by atoms with Crippen LogP contribution in [0.15, 0.2) is 16.6 Å². The number of esters is 1. The monoisotopic (exact) mass is 363 g/mol. The normalized spacial score (nSPS) is 34.9. The number of halogens is 1. The van der Waals surface area contributed by atoms with Crippen LogP contribution in [-0.2, 0) is 14.3 Å². The summed E-state index contributed by atoms with van der Waals surface area (Å²) in [5.41, 5.74) is 3.00. The van der Waals surface area contributed by atoms with Gasteiger partial charge in [0.25, 0.3) is 0 Å². The van der Waals surface area contributed by atoms with E-state index < -0.39 is 0 Å². The summed E-state index contributed by atoms with van der Waals surface area (Å²) in [6.07, 6.45) is 1.88. The minimum atomic E-state index is -0.223. The Bertz CT molecular complexity index is 685. The Morgan fingerprint density at radius 2 is 2.05 bits per heavy atom. The van der Waals surface area contributed by atoms with Crippen molar-refractivity contribution in [2.45, 2.75) is 32.8 Å². The van der Waals surface area contributed by atoms with Crippen LogP contribution in [0.4, 0.5) is 5.69 Å². The van der Waals surface area contributed by atoms with Gasteiger partial charge in [-0.2, -0.15) is 0 Å². The maximum Gasteiger partial charge on any atom is 0.310 e. The summed E-state index contributed by atoms with van der Waals surface area (Å²) in [7, 11) is 0. The highest BCUT2D eigenvalue weighted by atomic mass is 79.9. The van der Waals surface area contributed by atoms with Crippen molar-refractivity contribution in [1.29, 1.82) is 0 Å². The molecule has 5 heteroatoms. The molecule has 1 aromatic rings. The van der Waals surface area contributed by atoms with Gasteiger partial charge in [0.1, 0.15) is 6.10 Å². The molecule has 2 bridgehead atoms. The van der Waals surface area contributed by atoms with Gasteiger partial charge < -0.3 is 10.1 Å². The highest BCUT2D eigenvalue weighted by Crippen LogP contribution is 2.57. The van der Waals surface area contributed by atoms with Gasteiger partial charge >= 0.3 is 5.97 Å². The lowest BCUT2D eigenvalue weighted by atomic mass is 9.79. The van der Waals surface area contributed by atoms with E-state index in [9.17, 15) is 9.59 Å². The number of hydrogen-bond acceptors (Lipinski definition) is 3. The smallest absolute Gasteiger partial charge is 0.310 e. The van der Waals surface area contributed by atoms with E-state index in [0.717, 1.165) is 34.1 Å². The minimum absolute atomic E-state index is 0.0281. The van der Waals surface area contributed by atoms with E-state index in [1.807, 2.05) is 26.0 Å². The summed E-state index contributed by atoms with van der Waals surface area (Å²) in [5, 5.41) is 3.04. The summed E-state index contributed by atoms with van der Waals surface area (Å²) in [6.45, 7) is 4.02. The molecule has 1 N–H and O–H groups in total. The fraction of sp³-hybridized carbons (Fsp3) is 0.529. The van der Waals surface area contributed by atoms with Crippen molar-refractivity contribution in [3.05, 3.63) is 27.7 Å². The Morgan fingerprint density at radius 3 is 2.82 bits per heavy atom. The molecule has 3 fully saturated rings. The van der Waals surface area contributed by atoms with E-state index in [4.69, 9.17) is 4.74 Å². The predicted molar refractivity (Wildman–Crippen MR) is 85.3 cm³/mol. The summed E-state index contributed by atoms with van der Waals surface area (Å²) >= 11 is 3.50. The largest absolute Gasteiger partial charge is 0.462 e. The zero-order valence-corrected chi connectivity index (χ0v) is 14.1. The SMILES string of the molecule is Cc1c(Br)ccc(NC(=O)[C@@H]2[C@@H]3C[C@H]4[C@H]2C(=O)O[C@@H]4C3)c1C. The number of fused-ring (bicyclic) bond motifs is 1. The fourth-order valence-electron chi connectivity index (χ4n) is 4.50. The van der Waals surface area contributed by atoms with Crippen LogP contribution < -0.4 is 5.32 Å². The van der Waals surface area contributed by atoms with Crippen LogP contribution in [0.3, 0.4) is 0 Å². The van der Waals surface area contributed by atoms with Gasteiger partial charge in [-0.25, -0.2) is 0 Å². The third-order valence-electron chi connectivity index (χ3n) is 5.76. The Hall–Kier alpha value is -1.36. The molecular formula is C17H18BrNO3. The molecule has 4 rings (SSSR count). The number of carbonyl (C=O) groups excluding carboxylic acids is 2. The van der Waals surface area contributed by atoms with E-state index >= 15 is 0 Å². The number of anilines is 1. The van der Waals surface area contributed by atoms with E-state index in [1.54, 1.807) is 0 Å². The fourth-order valence-corrected chi connectivity index (χ4v) is 4.93. The van der Waals surface area contributed by atoms with Gasteiger partial charge in [-0.15, -0.1) is 0 Å². The molecule has 22 heavy (non-hydrogen) atoms. The predicted octanol–water partition coefficient (Wildman–Crippen LogP) is 3.20. The van der Waals surface area contributed by atoms with E-state index in [1.165, 1.54) is 0 Å². The molecule has 116 valence electrons. The first kappa shape index (κ1) is 14.2. The van der Waals surface area contributed by atoms with Crippen LogP contribution >= 0.6 is 15.9 Å². The van der Waals surface area contributed by atoms with Gasteiger partial charge in [0.15, 0.2) is 0 Å². The second kappa shape index (κ2) is 4.82. The first-order valence-electron chi connectivity index (χ1n) is 7.74. The summed E-state index contributed by atoms with van der Waals surface area (Å²) in [6, 6.07) is 3.85. The molecule has 0 spiro atoms. The van der Waals surface area contributed by atoms with Crippen molar-refractivity contribution in [3.8, 4) is 0 Å². The third-order valence-corrected chi connectivity index (χ3v) is 6.62. The van der Waals surface area contributed by atoms with Crippen molar-refractivity contribution >= 4 is 33.5 Å². The molecule has 1 saturated heterocycles. The highest BCUT2D eigenvalue weighted by molar-refractivity contribution is 9.10. The Labute approximate surface area is 137 Å². The van der Waals surface area contributed by atoms with Crippen molar-refractivity contribution in [2.24, 2.45) is 23.7 Å². The Kier molecular flexibility index (Phi) is 3.12. The molecule has 0 aromatic heterocycles. The number of ether oxygens (including phenoxy) is 1. The van der Waals surface area contributed by atoms with Crippen LogP contribution in [0.2, 0.25) is 0 Å². The van der Waals surface area contributed by atoms with Crippen LogP contribution in [-0.4, -0.2) is 18.0 Å². The molecule has 0 radical (unpaired) electrons. The number of rotatable bonds is 2. The molecule has 1 aliphatic heterocycles. The zero-order valence-electron chi connectivity index (χ0n) is 12.6. The quantitative estimate of drug-likeness (QED) is 0.820. The first-order valence-corrected chi connectivity index (χ1v) is 8.53. The van der Waals surface area contributed by atoms with Crippen LogP contribution in [0.1, 0.15) is 24.0 Å². The number of nitrogens with one attached hydrogen (secondary N) is 1. The van der Waals surface area contributed by atoms with Crippen molar-refractivity contribution < 1.29 is 14.3 Å². The van der Waals surface area contributed by atoms with E-state index in [2.05, 4.69) is 21.2 Å². The van der Waals surface area contributed by atoms with Crippen LogP contribution in [0.5, 0.6) is 0 Å². The summed E-state index contributed by atoms with van der Waals surface area (Å²) < 4.78 is 6.44. The van der Waals surface area contributed by atoms with Crippen molar-refractivity contribution in [1.82, 2.24) is 0 Å². The topological polar surface area (TPSA) is 55.4 Å².